The lowest BCUT2D eigenvalue weighted by Crippen LogP contribution is -2.22. The summed E-state index contributed by atoms with van der Waals surface area (Å²) in [5.41, 5.74) is 2.08. The molecule has 3 aromatic rings. The lowest BCUT2D eigenvalue weighted by atomic mass is 10.1. The molecule has 8 heteroatoms. The van der Waals surface area contributed by atoms with Gasteiger partial charge in [0, 0.05) is 31.3 Å². The molecule has 31 heavy (non-hydrogen) atoms. The molecule has 0 aliphatic rings. The van der Waals surface area contributed by atoms with Gasteiger partial charge in [-0.15, -0.1) is 11.8 Å². The van der Waals surface area contributed by atoms with Gasteiger partial charge in [0.05, 0.1) is 11.7 Å². The van der Waals surface area contributed by atoms with Crippen LogP contribution in [0.3, 0.4) is 0 Å². The predicted octanol–water partition coefficient (Wildman–Crippen LogP) is 6.95. The number of carbonyl (C=O) groups is 2. The summed E-state index contributed by atoms with van der Waals surface area (Å²) >= 11 is 19.2. The molecule has 0 aliphatic heterocycles. The van der Waals surface area contributed by atoms with E-state index in [1.807, 2.05) is 36.4 Å². The van der Waals surface area contributed by atoms with Crippen LogP contribution < -0.4 is 10.6 Å². The maximum absolute atomic E-state index is 12.5. The number of thioether (sulfide) groups is 1. The van der Waals surface area contributed by atoms with Gasteiger partial charge < -0.3 is 10.6 Å². The molecule has 1 unspecified atom stereocenters. The molecular weight excluding hydrogens is 475 g/mol. The van der Waals surface area contributed by atoms with E-state index >= 15 is 0 Å². The average molecular weight is 494 g/mol. The number of hydrogen-bond acceptors (Lipinski definition) is 3. The summed E-state index contributed by atoms with van der Waals surface area (Å²) in [6.45, 7) is 1.80. The number of nitrogens with one attached hydrogen (secondary N) is 2. The van der Waals surface area contributed by atoms with E-state index < -0.39 is 0 Å². The van der Waals surface area contributed by atoms with Crippen LogP contribution in [0, 0.1) is 0 Å². The molecule has 2 N–H and O–H groups in total. The molecular formula is C23H19Cl3N2O2S. The number of hydrogen-bond donors (Lipinski definition) is 2. The summed E-state index contributed by atoms with van der Waals surface area (Å²) in [6.07, 6.45) is 0.246. The Hall–Kier alpha value is -2.18. The molecule has 0 saturated heterocycles. The zero-order chi connectivity index (χ0) is 22.4. The monoisotopic (exact) mass is 492 g/mol. The van der Waals surface area contributed by atoms with Crippen molar-refractivity contribution >= 4 is 69.8 Å². The molecule has 3 rings (SSSR count). The van der Waals surface area contributed by atoms with Gasteiger partial charge in [-0.3, -0.25) is 9.59 Å². The number of anilines is 2. The lowest BCUT2D eigenvalue weighted by Gasteiger charge is -2.13. The first-order chi connectivity index (χ1) is 14.8. The number of carbonyl (C=O) groups excluding carboxylic acids is 2. The molecule has 0 aliphatic carbocycles. The van der Waals surface area contributed by atoms with Crippen molar-refractivity contribution in [2.24, 2.45) is 0 Å². The lowest BCUT2D eigenvalue weighted by molar-refractivity contribution is -0.116. The van der Waals surface area contributed by atoms with Crippen LogP contribution in [0.15, 0.2) is 71.6 Å². The second kappa shape index (κ2) is 10.9. The first-order valence-electron chi connectivity index (χ1n) is 9.36. The van der Waals surface area contributed by atoms with Crippen molar-refractivity contribution in [1.29, 1.82) is 0 Å². The predicted molar refractivity (Wildman–Crippen MR) is 131 cm³/mol. The molecule has 0 heterocycles. The highest BCUT2D eigenvalue weighted by molar-refractivity contribution is 8.00. The van der Waals surface area contributed by atoms with E-state index in [0.29, 0.717) is 26.4 Å². The minimum atomic E-state index is -0.377. The first-order valence-corrected chi connectivity index (χ1v) is 11.4. The molecule has 0 bridgehead atoms. The Morgan fingerprint density at radius 1 is 0.839 bits per heavy atom. The fourth-order valence-electron chi connectivity index (χ4n) is 2.77. The molecule has 4 nitrogen and oxygen atoms in total. The Labute approximate surface area is 200 Å². The Morgan fingerprint density at radius 3 is 2.19 bits per heavy atom. The molecule has 2 amide bonds. The Balaban J connectivity index is 1.58. The topological polar surface area (TPSA) is 58.2 Å². The van der Waals surface area contributed by atoms with Crippen LogP contribution in [-0.2, 0) is 16.0 Å². The summed E-state index contributed by atoms with van der Waals surface area (Å²) in [5, 5.41) is 6.85. The van der Waals surface area contributed by atoms with Crippen molar-refractivity contribution < 1.29 is 9.59 Å². The Morgan fingerprint density at radius 2 is 1.52 bits per heavy atom. The van der Waals surface area contributed by atoms with Gasteiger partial charge in [0.1, 0.15) is 0 Å². The number of benzene rings is 3. The van der Waals surface area contributed by atoms with E-state index in [1.54, 1.807) is 37.3 Å². The van der Waals surface area contributed by atoms with Crippen LogP contribution >= 0.6 is 46.6 Å². The number of rotatable bonds is 7. The molecule has 0 fully saturated rings. The Kier molecular flexibility index (Phi) is 8.27. The molecule has 160 valence electrons. The van der Waals surface area contributed by atoms with Gasteiger partial charge in [-0.1, -0.05) is 53.0 Å². The van der Waals surface area contributed by atoms with E-state index in [9.17, 15) is 9.59 Å². The maximum atomic E-state index is 12.5. The highest BCUT2D eigenvalue weighted by Crippen LogP contribution is 2.28. The smallest absolute Gasteiger partial charge is 0.237 e. The van der Waals surface area contributed by atoms with Gasteiger partial charge in [0.25, 0.3) is 0 Å². The van der Waals surface area contributed by atoms with E-state index in [2.05, 4.69) is 10.6 Å². The van der Waals surface area contributed by atoms with Crippen LogP contribution in [-0.4, -0.2) is 17.1 Å². The Bertz CT molecular complexity index is 1070. The summed E-state index contributed by atoms with van der Waals surface area (Å²) in [6, 6.07) is 19.4. The van der Waals surface area contributed by atoms with Gasteiger partial charge in [-0.2, -0.15) is 0 Å². The quantitative estimate of drug-likeness (QED) is 0.350. The summed E-state index contributed by atoms with van der Waals surface area (Å²) < 4.78 is 0. The summed E-state index contributed by atoms with van der Waals surface area (Å²) in [5.74, 6) is -0.311. The van der Waals surface area contributed by atoms with Crippen LogP contribution in [0.1, 0.15) is 12.5 Å². The van der Waals surface area contributed by atoms with Crippen molar-refractivity contribution in [3.8, 4) is 0 Å². The van der Waals surface area contributed by atoms with Gasteiger partial charge in [-0.05, 0) is 61.0 Å². The third kappa shape index (κ3) is 7.47. The minimum Gasteiger partial charge on any atom is -0.326 e. The van der Waals surface area contributed by atoms with Crippen molar-refractivity contribution in [3.63, 3.8) is 0 Å². The molecule has 0 spiro atoms. The van der Waals surface area contributed by atoms with E-state index in [-0.39, 0.29) is 23.5 Å². The van der Waals surface area contributed by atoms with Crippen LogP contribution in [0.25, 0.3) is 0 Å². The van der Waals surface area contributed by atoms with Gasteiger partial charge in [-0.25, -0.2) is 0 Å². The van der Waals surface area contributed by atoms with Crippen molar-refractivity contribution in [3.05, 3.63) is 87.4 Å². The van der Waals surface area contributed by atoms with E-state index in [4.69, 9.17) is 34.8 Å². The molecule has 0 aromatic heterocycles. The third-order valence-electron chi connectivity index (χ3n) is 4.21. The molecule has 0 saturated carbocycles. The second-order valence-electron chi connectivity index (χ2n) is 6.79. The van der Waals surface area contributed by atoms with Crippen LogP contribution in [0.5, 0.6) is 0 Å². The highest BCUT2D eigenvalue weighted by atomic mass is 35.5. The first kappa shape index (κ1) is 23.5. The SMILES string of the molecule is CC(Sc1cccc(NC(=O)Cc2ccc(Cl)cc2)c1)C(=O)Nc1cc(Cl)cc(Cl)c1. The summed E-state index contributed by atoms with van der Waals surface area (Å²) in [4.78, 5) is 25.7. The fraction of sp³-hybridized carbons (Fsp3) is 0.130. The standard InChI is InChI=1S/C23H19Cl3N2O2S/c1-14(23(30)28-20-11-17(25)10-18(26)12-20)31-21-4-2-3-19(13-21)27-22(29)9-15-5-7-16(24)8-6-15/h2-8,10-14H,9H2,1H3,(H,27,29)(H,28,30). The van der Waals surface area contributed by atoms with E-state index in [0.717, 1.165) is 10.5 Å². The van der Waals surface area contributed by atoms with Crippen LogP contribution in [0.2, 0.25) is 15.1 Å². The summed E-state index contributed by atoms with van der Waals surface area (Å²) in [7, 11) is 0. The van der Waals surface area contributed by atoms with Crippen molar-refractivity contribution in [2.75, 3.05) is 10.6 Å². The van der Waals surface area contributed by atoms with Crippen LogP contribution in [0.4, 0.5) is 11.4 Å². The van der Waals surface area contributed by atoms with Gasteiger partial charge in [0.15, 0.2) is 0 Å². The minimum absolute atomic E-state index is 0.131. The molecule has 0 radical (unpaired) electrons. The van der Waals surface area contributed by atoms with Crippen molar-refractivity contribution in [2.45, 2.75) is 23.5 Å². The van der Waals surface area contributed by atoms with E-state index in [1.165, 1.54) is 11.8 Å². The van der Waals surface area contributed by atoms with Gasteiger partial charge >= 0.3 is 0 Å². The molecule has 3 aromatic carbocycles. The fourth-order valence-corrected chi connectivity index (χ4v) is 4.35. The third-order valence-corrected chi connectivity index (χ3v) is 5.99. The maximum Gasteiger partial charge on any atom is 0.237 e. The van der Waals surface area contributed by atoms with Gasteiger partial charge in [0.2, 0.25) is 11.8 Å². The van der Waals surface area contributed by atoms with Crippen molar-refractivity contribution in [1.82, 2.24) is 0 Å². The number of halogens is 3. The zero-order valence-electron chi connectivity index (χ0n) is 16.5. The molecule has 1 atom stereocenters. The highest BCUT2D eigenvalue weighted by Gasteiger charge is 2.16. The largest absolute Gasteiger partial charge is 0.326 e. The number of amides is 2. The second-order valence-corrected chi connectivity index (χ2v) is 9.51. The normalized spacial score (nSPS) is 11.6. The average Bonchev–Trinajstić information content (AvgIpc) is 2.69. The zero-order valence-corrected chi connectivity index (χ0v) is 19.6.